The number of carboxylic acids is 1. The van der Waals surface area contributed by atoms with Gasteiger partial charge in [-0.2, -0.15) is 0 Å². The molecular weight excluding hydrogens is 492 g/mol. The number of hydrogen-bond donors (Lipinski definition) is 3. The van der Waals surface area contributed by atoms with E-state index in [-0.39, 0.29) is 5.56 Å². The Balaban J connectivity index is 0.000000601. The second kappa shape index (κ2) is 9.47. The van der Waals surface area contributed by atoms with Crippen LogP contribution in [-0.2, 0) is 11.3 Å². The van der Waals surface area contributed by atoms with Crippen LogP contribution in [0.5, 0.6) is 11.5 Å². The summed E-state index contributed by atoms with van der Waals surface area (Å²) in [5, 5.41) is 8.37. The van der Waals surface area contributed by atoms with E-state index in [1.165, 1.54) is 12.5 Å². The van der Waals surface area contributed by atoms with Crippen molar-refractivity contribution in [3.63, 3.8) is 0 Å². The van der Waals surface area contributed by atoms with Crippen LogP contribution in [-0.4, -0.2) is 32.2 Å². The van der Waals surface area contributed by atoms with E-state index in [1.54, 1.807) is 12.1 Å². The van der Waals surface area contributed by atoms with E-state index in [9.17, 15) is 4.79 Å². The summed E-state index contributed by atoms with van der Waals surface area (Å²) in [4.78, 5) is 29.5. The Kier molecular flexibility index (Phi) is 6.47. The number of carboxylic acid groups (broad SMARTS) is 1. The first-order valence-electron chi connectivity index (χ1n) is 10.1. The first-order chi connectivity index (χ1) is 15.9. The van der Waals surface area contributed by atoms with Crippen LogP contribution in [0.1, 0.15) is 13.3 Å². The van der Waals surface area contributed by atoms with Crippen molar-refractivity contribution in [1.82, 2.24) is 14.5 Å². The maximum atomic E-state index is 12.9. The summed E-state index contributed by atoms with van der Waals surface area (Å²) < 4.78 is 14.0. The third-order valence-corrected chi connectivity index (χ3v) is 5.40. The third-order valence-electron chi connectivity index (χ3n) is 4.90. The fourth-order valence-electron chi connectivity index (χ4n) is 3.57. The van der Waals surface area contributed by atoms with Crippen LogP contribution in [0, 0.1) is 0 Å². The van der Waals surface area contributed by atoms with Gasteiger partial charge in [-0.3, -0.25) is 9.59 Å². The monoisotopic (exact) mass is 512 g/mol. The first-order valence-corrected chi connectivity index (χ1v) is 10.9. The molecule has 170 valence electrons. The summed E-state index contributed by atoms with van der Waals surface area (Å²) >= 11 is 3.53. The summed E-state index contributed by atoms with van der Waals surface area (Å²) in [6, 6.07) is 9.50. The zero-order valence-corrected chi connectivity index (χ0v) is 19.3. The molecule has 1 aliphatic heterocycles. The lowest BCUT2D eigenvalue weighted by atomic mass is 10.1. The van der Waals surface area contributed by atoms with Crippen molar-refractivity contribution >= 4 is 43.8 Å². The zero-order valence-electron chi connectivity index (χ0n) is 17.7. The quantitative estimate of drug-likeness (QED) is 0.376. The number of ether oxygens (including phenoxy) is 2. The second-order valence-electron chi connectivity index (χ2n) is 7.30. The van der Waals surface area contributed by atoms with Gasteiger partial charge in [-0.15, -0.1) is 0 Å². The number of hydrogen-bond acceptors (Lipinski definition) is 6. The number of H-pyrrole nitrogens is 1. The summed E-state index contributed by atoms with van der Waals surface area (Å²) in [5.74, 6) is 0.256. The lowest BCUT2D eigenvalue weighted by molar-refractivity contribution is -0.134. The van der Waals surface area contributed by atoms with Crippen molar-refractivity contribution in [2.24, 2.45) is 5.73 Å². The number of fused-ring (bicyclic) bond motifs is 3. The number of carbonyl (C=O) groups is 1. The number of benzene rings is 2. The van der Waals surface area contributed by atoms with E-state index in [4.69, 9.17) is 25.1 Å². The molecule has 0 atom stereocenters. The van der Waals surface area contributed by atoms with Crippen molar-refractivity contribution in [1.29, 1.82) is 0 Å². The summed E-state index contributed by atoms with van der Waals surface area (Å²) in [5.41, 5.74) is 8.80. The Morgan fingerprint density at radius 1 is 1.21 bits per heavy atom. The number of aliphatic carboxylic acids is 1. The van der Waals surface area contributed by atoms with Crippen LogP contribution in [0.15, 0.2) is 58.3 Å². The molecule has 4 N–H and O–H groups in total. The number of rotatable bonds is 4. The predicted octanol–water partition coefficient (Wildman–Crippen LogP) is 3.99. The number of aryl methyl sites for hydroxylation is 1. The van der Waals surface area contributed by atoms with Crippen molar-refractivity contribution in [2.75, 3.05) is 6.54 Å². The molecule has 3 heterocycles. The van der Waals surface area contributed by atoms with Crippen molar-refractivity contribution in [2.45, 2.75) is 19.9 Å². The first kappa shape index (κ1) is 22.6. The zero-order chi connectivity index (χ0) is 23.5. The highest BCUT2D eigenvalue weighted by molar-refractivity contribution is 9.10. The molecule has 4 aromatic rings. The molecule has 0 aliphatic carbocycles. The smallest absolute Gasteiger partial charge is 0.300 e. The molecular formula is C23H21BrN4O5. The van der Waals surface area contributed by atoms with Crippen molar-refractivity contribution in [3.8, 4) is 22.8 Å². The molecule has 10 heteroatoms. The van der Waals surface area contributed by atoms with Gasteiger partial charge in [0.1, 0.15) is 18.2 Å². The molecule has 0 bridgehead atoms. The molecule has 0 spiro atoms. The minimum absolute atomic E-state index is 0.262. The number of nitrogens with zero attached hydrogens (tertiary/aromatic N) is 2. The van der Waals surface area contributed by atoms with E-state index < -0.39 is 5.97 Å². The molecule has 9 nitrogen and oxygen atoms in total. The average molecular weight is 513 g/mol. The van der Waals surface area contributed by atoms with Crippen LogP contribution in [0.4, 0.5) is 0 Å². The highest BCUT2D eigenvalue weighted by Crippen LogP contribution is 2.35. The molecule has 0 saturated heterocycles. The predicted molar refractivity (Wildman–Crippen MR) is 128 cm³/mol. The number of halogens is 1. The van der Waals surface area contributed by atoms with E-state index in [0.29, 0.717) is 34.8 Å². The van der Waals surface area contributed by atoms with Gasteiger partial charge in [-0.25, -0.2) is 4.98 Å². The molecule has 5 rings (SSSR count). The van der Waals surface area contributed by atoms with Crippen LogP contribution in [0.3, 0.4) is 0 Å². The topological polar surface area (TPSA) is 132 Å². The Bertz CT molecular complexity index is 1440. The lowest BCUT2D eigenvalue weighted by Gasteiger charge is -2.13. The molecule has 33 heavy (non-hydrogen) atoms. The molecule has 0 radical (unpaired) electrons. The van der Waals surface area contributed by atoms with E-state index in [1.807, 2.05) is 24.4 Å². The average Bonchev–Trinajstić information content (AvgIpc) is 3.12. The standard InChI is InChI=1S/C21H17BrN4O3.C2H4O2/c22-12-2-3-17-13(8-12)14(11-26(17)5-1-4-23)20-21(27)25-16-10-19-18(9-15(16)24-20)28-6-7-29-19;1-2(3)4/h2-3,6-11H,1,4-5,23H2,(H,25,27);1H3,(H,3,4). The highest BCUT2D eigenvalue weighted by atomic mass is 79.9. The molecule has 0 amide bonds. The Morgan fingerprint density at radius 2 is 1.91 bits per heavy atom. The molecule has 0 saturated carbocycles. The van der Waals surface area contributed by atoms with Crippen molar-refractivity contribution < 1.29 is 19.4 Å². The molecule has 2 aromatic carbocycles. The van der Waals surface area contributed by atoms with Gasteiger partial charge >= 0.3 is 0 Å². The second-order valence-corrected chi connectivity index (χ2v) is 8.21. The maximum Gasteiger partial charge on any atom is 0.300 e. The van der Waals surface area contributed by atoms with E-state index >= 15 is 0 Å². The number of aromatic nitrogens is 3. The van der Waals surface area contributed by atoms with E-state index in [2.05, 4.69) is 30.5 Å². The molecule has 0 unspecified atom stereocenters. The minimum atomic E-state index is -0.833. The van der Waals surface area contributed by atoms with E-state index in [0.717, 1.165) is 40.8 Å². The summed E-state index contributed by atoms with van der Waals surface area (Å²) in [6.07, 6.45) is 5.72. The van der Waals surface area contributed by atoms with Crippen LogP contribution >= 0.6 is 15.9 Å². The summed E-state index contributed by atoms with van der Waals surface area (Å²) in [6.45, 7) is 2.45. The Hall–Kier alpha value is -3.63. The minimum Gasteiger partial charge on any atom is -0.481 e. The Morgan fingerprint density at radius 3 is 2.61 bits per heavy atom. The van der Waals surface area contributed by atoms with Gasteiger partial charge in [0.15, 0.2) is 11.5 Å². The van der Waals surface area contributed by atoms with Gasteiger partial charge in [-0.1, -0.05) is 15.9 Å². The van der Waals surface area contributed by atoms with Gasteiger partial charge in [-0.05, 0) is 31.2 Å². The largest absolute Gasteiger partial charge is 0.481 e. The van der Waals surface area contributed by atoms with Gasteiger partial charge in [0, 0.05) is 52.7 Å². The van der Waals surface area contributed by atoms with Crippen molar-refractivity contribution in [3.05, 3.63) is 63.9 Å². The van der Waals surface area contributed by atoms with Crippen LogP contribution in [0.25, 0.3) is 33.2 Å². The summed E-state index contributed by atoms with van der Waals surface area (Å²) in [7, 11) is 0. The number of nitrogens with two attached hydrogens (primary N) is 1. The highest BCUT2D eigenvalue weighted by Gasteiger charge is 2.18. The van der Waals surface area contributed by atoms with Crippen LogP contribution in [0.2, 0.25) is 0 Å². The maximum absolute atomic E-state index is 12.9. The molecule has 1 aliphatic rings. The van der Waals surface area contributed by atoms with Gasteiger partial charge in [0.2, 0.25) is 0 Å². The fourth-order valence-corrected chi connectivity index (χ4v) is 3.93. The number of aromatic amines is 1. The molecule has 2 aromatic heterocycles. The van der Waals surface area contributed by atoms with Gasteiger partial charge in [0.05, 0.1) is 11.0 Å². The normalized spacial score (nSPS) is 12.0. The van der Waals surface area contributed by atoms with Gasteiger partial charge < -0.3 is 29.9 Å². The lowest BCUT2D eigenvalue weighted by Crippen LogP contribution is -2.12. The van der Waals surface area contributed by atoms with Gasteiger partial charge in [0.25, 0.3) is 11.5 Å². The fraction of sp³-hybridized carbons (Fsp3) is 0.174. The number of nitrogens with one attached hydrogen (secondary N) is 1. The third kappa shape index (κ3) is 4.76. The molecule has 0 fully saturated rings. The SMILES string of the molecule is CC(=O)O.NCCCn1cc(-c2nc3cc4c(cc3[nH]c2=O)OC=CO4)c2cc(Br)ccc21. The Labute approximate surface area is 196 Å². The van der Waals surface area contributed by atoms with Crippen LogP contribution < -0.4 is 20.8 Å².